The molecule has 1 aliphatic heterocycles. The Morgan fingerprint density at radius 2 is 2.25 bits per heavy atom. The van der Waals surface area contributed by atoms with E-state index >= 15 is 0 Å². The highest BCUT2D eigenvalue weighted by Gasteiger charge is 2.29. The number of rotatable bonds is 4. The van der Waals surface area contributed by atoms with Crippen LogP contribution in [0.25, 0.3) is 0 Å². The lowest BCUT2D eigenvalue weighted by Crippen LogP contribution is -2.38. The zero-order valence-corrected chi connectivity index (χ0v) is 9.59. The van der Waals surface area contributed by atoms with Crippen LogP contribution >= 0.6 is 11.8 Å². The van der Waals surface area contributed by atoms with Crippen LogP contribution in [0.2, 0.25) is 0 Å². The van der Waals surface area contributed by atoms with E-state index in [0.29, 0.717) is 12.5 Å². The molecular weight excluding hydrogens is 241 g/mol. The van der Waals surface area contributed by atoms with Crippen molar-refractivity contribution in [3.63, 3.8) is 0 Å². The summed E-state index contributed by atoms with van der Waals surface area (Å²) in [4.78, 5) is 11.1. The van der Waals surface area contributed by atoms with Gasteiger partial charge in [-0.25, -0.2) is 0 Å². The van der Waals surface area contributed by atoms with Gasteiger partial charge in [0.1, 0.15) is 0 Å². The van der Waals surface area contributed by atoms with Crippen molar-refractivity contribution in [2.24, 2.45) is 5.92 Å². The number of nitrogens with one attached hydrogen (secondary N) is 2. The molecule has 94 valence electrons. The monoisotopic (exact) mass is 256 g/mol. The summed E-state index contributed by atoms with van der Waals surface area (Å²) in [5, 5.41) is 5.70. The topological polar surface area (TPSA) is 41.1 Å². The molecule has 0 radical (unpaired) electrons. The van der Waals surface area contributed by atoms with Crippen LogP contribution in [-0.2, 0) is 4.79 Å². The maximum Gasteiger partial charge on any atom is 0.442 e. The number of thioether (sulfide) groups is 1. The minimum absolute atomic E-state index is 0.299. The van der Waals surface area contributed by atoms with Crippen molar-refractivity contribution >= 4 is 17.7 Å². The van der Waals surface area contributed by atoms with Gasteiger partial charge in [0.25, 0.3) is 0 Å². The van der Waals surface area contributed by atoms with Crippen LogP contribution in [-0.4, -0.2) is 36.8 Å². The highest BCUT2D eigenvalue weighted by Crippen LogP contribution is 2.29. The van der Waals surface area contributed by atoms with Gasteiger partial charge in [0.15, 0.2) is 0 Å². The summed E-state index contributed by atoms with van der Waals surface area (Å²) < 4.78 is 35.4. The highest BCUT2D eigenvalue weighted by atomic mass is 32.2. The van der Waals surface area contributed by atoms with Crippen molar-refractivity contribution in [1.29, 1.82) is 0 Å². The van der Waals surface area contributed by atoms with E-state index in [0.717, 1.165) is 25.9 Å². The summed E-state index contributed by atoms with van der Waals surface area (Å²) in [5.74, 6) is -0.759. The van der Waals surface area contributed by atoms with E-state index in [2.05, 4.69) is 10.6 Å². The fraction of sp³-hybridized carbons (Fsp3) is 0.889. The van der Waals surface area contributed by atoms with Crippen LogP contribution in [0.4, 0.5) is 13.2 Å². The lowest BCUT2D eigenvalue weighted by atomic mass is 10.00. The van der Waals surface area contributed by atoms with E-state index in [1.807, 2.05) is 0 Å². The molecule has 1 heterocycles. The van der Waals surface area contributed by atoms with Crippen LogP contribution in [0.1, 0.15) is 12.8 Å². The average Bonchev–Trinajstić information content (AvgIpc) is 2.24. The van der Waals surface area contributed by atoms with Gasteiger partial charge in [0.05, 0.1) is 5.75 Å². The summed E-state index contributed by atoms with van der Waals surface area (Å²) in [5.41, 5.74) is -4.33. The van der Waals surface area contributed by atoms with Gasteiger partial charge in [0, 0.05) is 6.54 Å². The minimum Gasteiger partial charge on any atom is -0.355 e. The molecule has 1 unspecified atom stereocenters. The predicted octanol–water partition coefficient (Wildman–Crippen LogP) is 1.36. The minimum atomic E-state index is -4.33. The van der Waals surface area contributed by atoms with Gasteiger partial charge in [-0.15, -0.1) is 0 Å². The lowest BCUT2D eigenvalue weighted by Gasteiger charge is -2.22. The Hall–Kier alpha value is -0.430. The Labute approximate surface area is 96.5 Å². The standard InChI is InChI=1S/C9H15F3N2OS/c10-9(11,12)16-6-8(15)14-5-7-2-1-3-13-4-7/h7,13H,1-6H2,(H,14,15). The largest absolute Gasteiger partial charge is 0.442 e. The van der Waals surface area contributed by atoms with Gasteiger partial charge in [0.2, 0.25) is 5.91 Å². The molecule has 1 saturated heterocycles. The lowest BCUT2D eigenvalue weighted by molar-refractivity contribution is -0.119. The number of carbonyl (C=O) groups excluding carboxylic acids is 1. The third-order valence-electron chi connectivity index (χ3n) is 2.35. The molecule has 0 aromatic heterocycles. The molecule has 1 rings (SSSR count). The molecule has 7 heteroatoms. The van der Waals surface area contributed by atoms with Crippen molar-refractivity contribution < 1.29 is 18.0 Å². The molecular formula is C9H15F3N2OS. The number of carbonyl (C=O) groups is 1. The van der Waals surface area contributed by atoms with Crippen LogP contribution in [0.3, 0.4) is 0 Å². The van der Waals surface area contributed by atoms with E-state index in [4.69, 9.17) is 0 Å². The second-order valence-electron chi connectivity index (χ2n) is 3.75. The summed E-state index contributed by atoms with van der Waals surface area (Å²) in [6.07, 6.45) is 2.07. The fourth-order valence-corrected chi connectivity index (χ4v) is 1.95. The zero-order valence-electron chi connectivity index (χ0n) is 8.77. The van der Waals surface area contributed by atoms with E-state index in [9.17, 15) is 18.0 Å². The van der Waals surface area contributed by atoms with Gasteiger partial charge < -0.3 is 10.6 Å². The molecule has 2 N–H and O–H groups in total. The van der Waals surface area contributed by atoms with Crippen molar-refractivity contribution in [3.8, 4) is 0 Å². The Balaban J connectivity index is 2.09. The first-order valence-corrected chi connectivity index (χ1v) is 6.14. The van der Waals surface area contributed by atoms with E-state index in [-0.39, 0.29) is 11.8 Å². The van der Waals surface area contributed by atoms with Crippen molar-refractivity contribution in [2.45, 2.75) is 18.3 Å². The van der Waals surface area contributed by atoms with E-state index in [1.165, 1.54) is 0 Å². The zero-order chi connectivity index (χ0) is 12.0. The first-order valence-electron chi connectivity index (χ1n) is 5.15. The Morgan fingerprint density at radius 1 is 1.50 bits per heavy atom. The Bertz CT molecular complexity index is 229. The van der Waals surface area contributed by atoms with Gasteiger partial charge >= 0.3 is 5.51 Å². The molecule has 0 aromatic rings. The molecule has 1 atom stereocenters. The molecule has 3 nitrogen and oxygen atoms in total. The first kappa shape index (κ1) is 13.6. The van der Waals surface area contributed by atoms with Gasteiger partial charge in [-0.1, -0.05) is 0 Å². The van der Waals surface area contributed by atoms with Gasteiger partial charge in [-0.3, -0.25) is 4.79 Å². The molecule has 1 aliphatic rings. The molecule has 1 fully saturated rings. The molecule has 0 aliphatic carbocycles. The van der Waals surface area contributed by atoms with Crippen molar-refractivity contribution in [2.75, 3.05) is 25.4 Å². The maximum atomic E-state index is 11.8. The predicted molar refractivity (Wildman–Crippen MR) is 57.1 cm³/mol. The summed E-state index contributed by atoms with van der Waals surface area (Å²) in [6, 6.07) is 0. The summed E-state index contributed by atoms with van der Waals surface area (Å²) >= 11 is -0.299. The maximum absolute atomic E-state index is 11.8. The first-order chi connectivity index (χ1) is 7.47. The third-order valence-corrected chi connectivity index (χ3v) is 3.09. The fourth-order valence-electron chi connectivity index (χ4n) is 1.55. The number of piperidine rings is 1. The second kappa shape index (κ2) is 6.34. The molecule has 0 spiro atoms. The normalized spacial score (nSPS) is 21.8. The van der Waals surface area contributed by atoms with E-state index in [1.54, 1.807) is 0 Å². The van der Waals surface area contributed by atoms with Crippen LogP contribution < -0.4 is 10.6 Å². The molecule has 0 aromatic carbocycles. The number of hydrogen-bond donors (Lipinski definition) is 2. The summed E-state index contributed by atoms with van der Waals surface area (Å²) in [6.45, 7) is 2.27. The second-order valence-corrected chi connectivity index (χ2v) is 4.79. The third kappa shape index (κ3) is 6.22. The average molecular weight is 256 g/mol. The van der Waals surface area contributed by atoms with E-state index < -0.39 is 17.2 Å². The van der Waals surface area contributed by atoms with Crippen LogP contribution in [0.15, 0.2) is 0 Å². The SMILES string of the molecule is O=C(CSC(F)(F)F)NCC1CCCNC1. The number of amides is 1. The Kier molecular flexibility index (Phi) is 5.40. The molecule has 0 bridgehead atoms. The van der Waals surface area contributed by atoms with Crippen LogP contribution in [0.5, 0.6) is 0 Å². The molecule has 0 saturated carbocycles. The number of hydrogen-bond acceptors (Lipinski definition) is 3. The molecule has 16 heavy (non-hydrogen) atoms. The van der Waals surface area contributed by atoms with Crippen LogP contribution in [0, 0.1) is 5.92 Å². The van der Waals surface area contributed by atoms with Crippen molar-refractivity contribution in [1.82, 2.24) is 10.6 Å². The van der Waals surface area contributed by atoms with Gasteiger partial charge in [-0.05, 0) is 43.6 Å². The highest BCUT2D eigenvalue weighted by molar-refractivity contribution is 8.00. The number of alkyl halides is 3. The number of halogens is 3. The van der Waals surface area contributed by atoms with Crippen molar-refractivity contribution in [3.05, 3.63) is 0 Å². The quantitative estimate of drug-likeness (QED) is 0.798. The Morgan fingerprint density at radius 3 is 2.81 bits per heavy atom. The van der Waals surface area contributed by atoms with Gasteiger partial charge in [-0.2, -0.15) is 13.2 Å². The molecule has 1 amide bonds. The smallest absolute Gasteiger partial charge is 0.355 e. The summed E-state index contributed by atoms with van der Waals surface area (Å²) in [7, 11) is 0.